The van der Waals surface area contributed by atoms with Gasteiger partial charge in [0.25, 0.3) is 0 Å². The smallest absolute Gasteiger partial charge is 0.167 e. The highest BCUT2D eigenvalue weighted by Crippen LogP contribution is 2.26. The molecule has 1 fully saturated rings. The average Bonchev–Trinajstić information content (AvgIpc) is 2.58. The first kappa shape index (κ1) is 14.8. The van der Waals surface area contributed by atoms with Crippen LogP contribution in [0.25, 0.3) is 0 Å². The molecule has 22 heavy (non-hydrogen) atoms. The standard InChI is InChI=1S/C19H22N2O/c1-14-5-6-18(12-15(14)2)21-10-7-16(8-11-21)19(22)17-4-3-9-20-13-17/h3-6,9,12-13,16H,7-8,10-11H2,1-2H3. The van der Waals surface area contributed by atoms with Gasteiger partial charge in [-0.1, -0.05) is 6.07 Å². The third-order valence-corrected chi connectivity index (χ3v) is 4.67. The molecule has 0 atom stereocenters. The lowest BCUT2D eigenvalue weighted by Crippen LogP contribution is -2.36. The summed E-state index contributed by atoms with van der Waals surface area (Å²) in [5.74, 6) is 0.375. The van der Waals surface area contributed by atoms with Gasteiger partial charge in [0.2, 0.25) is 0 Å². The maximum atomic E-state index is 12.5. The third-order valence-electron chi connectivity index (χ3n) is 4.67. The van der Waals surface area contributed by atoms with Gasteiger partial charge in [-0.25, -0.2) is 0 Å². The van der Waals surface area contributed by atoms with Crippen molar-refractivity contribution in [3.8, 4) is 0 Å². The number of aryl methyl sites for hydroxylation is 2. The molecule has 0 saturated carbocycles. The predicted molar refractivity (Wildman–Crippen MR) is 89.4 cm³/mol. The molecule has 0 radical (unpaired) electrons. The Morgan fingerprint density at radius 3 is 2.55 bits per heavy atom. The number of rotatable bonds is 3. The molecule has 1 aliphatic rings. The van der Waals surface area contributed by atoms with Gasteiger partial charge in [0.1, 0.15) is 0 Å². The van der Waals surface area contributed by atoms with Crippen LogP contribution in [0, 0.1) is 19.8 Å². The average molecular weight is 294 g/mol. The second kappa shape index (κ2) is 6.30. The van der Waals surface area contributed by atoms with Gasteiger partial charge in [-0.15, -0.1) is 0 Å². The Labute approximate surface area is 132 Å². The van der Waals surface area contributed by atoms with Crippen LogP contribution in [0.4, 0.5) is 5.69 Å². The van der Waals surface area contributed by atoms with Crippen LogP contribution in [-0.4, -0.2) is 23.9 Å². The first-order chi connectivity index (χ1) is 10.6. The zero-order valence-electron chi connectivity index (χ0n) is 13.2. The molecule has 0 amide bonds. The molecule has 3 heteroatoms. The zero-order chi connectivity index (χ0) is 15.5. The van der Waals surface area contributed by atoms with Crippen molar-refractivity contribution in [2.24, 2.45) is 5.92 Å². The van der Waals surface area contributed by atoms with E-state index < -0.39 is 0 Å². The molecular formula is C19H22N2O. The lowest BCUT2D eigenvalue weighted by Gasteiger charge is -2.33. The highest BCUT2D eigenvalue weighted by molar-refractivity contribution is 5.97. The Balaban J connectivity index is 1.65. The molecule has 0 N–H and O–H groups in total. The quantitative estimate of drug-likeness (QED) is 0.807. The summed E-state index contributed by atoms with van der Waals surface area (Å²) in [6.45, 7) is 6.17. The normalized spacial score (nSPS) is 15.8. The lowest BCUT2D eigenvalue weighted by molar-refractivity contribution is 0.0900. The van der Waals surface area contributed by atoms with Crippen molar-refractivity contribution in [3.05, 3.63) is 59.4 Å². The van der Waals surface area contributed by atoms with Crippen molar-refractivity contribution in [2.45, 2.75) is 26.7 Å². The van der Waals surface area contributed by atoms with Crippen LogP contribution in [0.3, 0.4) is 0 Å². The topological polar surface area (TPSA) is 33.2 Å². The Hall–Kier alpha value is -2.16. The van der Waals surface area contributed by atoms with Crippen LogP contribution in [-0.2, 0) is 0 Å². The molecule has 1 aromatic carbocycles. The van der Waals surface area contributed by atoms with Crippen molar-refractivity contribution in [2.75, 3.05) is 18.0 Å². The number of hydrogen-bond donors (Lipinski definition) is 0. The predicted octanol–water partition coefficient (Wildman–Crippen LogP) is 3.80. The largest absolute Gasteiger partial charge is 0.371 e. The number of pyridine rings is 1. The van der Waals surface area contributed by atoms with Gasteiger partial charge in [0.05, 0.1) is 0 Å². The molecule has 1 saturated heterocycles. The number of Topliss-reactive ketones (excluding diaryl/α,β-unsaturated/α-hetero) is 1. The fourth-order valence-corrected chi connectivity index (χ4v) is 3.07. The van der Waals surface area contributed by atoms with Crippen molar-refractivity contribution in [1.82, 2.24) is 4.98 Å². The van der Waals surface area contributed by atoms with Gasteiger partial charge in [-0.2, -0.15) is 0 Å². The molecule has 0 aliphatic carbocycles. The number of carbonyl (C=O) groups excluding carboxylic acids is 1. The van der Waals surface area contributed by atoms with E-state index in [4.69, 9.17) is 0 Å². The molecule has 3 nitrogen and oxygen atoms in total. The van der Waals surface area contributed by atoms with Crippen LogP contribution in [0.1, 0.15) is 34.3 Å². The molecule has 2 aromatic rings. The Morgan fingerprint density at radius 1 is 1.14 bits per heavy atom. The second-order valence-electron chi connectivity index (χ2n) is 6.14. The van der Waals surface area contributed by atoms with E-state index in [-0.39, 0.29) is 11.7 Å². The van der Waals surface area contributed by atoms with Crippen LogP contribution < -0.4 is 4.90 Å². The number of hydrogen-bond acceptors (Lipinski definition) is 3. The Morgan fingerprint density at radius 2 is 1.91 bits per heavy atom. The number of benzene rings is 1. The summed E-state index contributed by atoms with van der Waals surface area (Å²) in [6, 6.07) is 10.3. The van der Waals surface area contributed by atoms with Crippen LogP contribution in [0.2, 0.25) is 0 Å². The monoisotopic (exact) mass is 294 g/mol. The van der Waals surface area contributed by atoms with Gasteiger partial charge in [-0.05, 0) is 62.1 Å². The highest BCUT2D eigenvalue weighted by atomic mass is 16.1. The van der Waals surface area contributed by atoms with Gasteiger partial charge >= 0.3 is 0 Å². The van der Waals surface area contributed by atoms with Gasteiger partial charge < -0.3 is 4.90 Å². The maximum Gasteiger partial charge on any atom is 0.167 e. The minimum Gasteiger partial charge on any atom is -0.371 e. The van der Waals surface area contributed by atoms with E-state index in [0.717, 1.165) is 31.5 Å². The van der Waals surface area contributed by atoms with E-state index >= 15 is 0 Å². The summed E-state index contributed by atoms with van der Waals surface area (Å²) < 4.78 is 0. The molecule has 1 aliphatic heterocycles. The van der Waals surface area contributed by atoms with E-state index in [1.165, 1.54) is 16.8 Å². The molecule has 0 bridgehead atoms. The number of ketones is 1. The van der Waals surface area contributed by atoms with Crippen molar-refractivity contribution in [3.63, 3.8) is 0 Å². The SMILES string of the molecule is Cc1ccc(N2CCC(C(=O)c3cccnc3)CC2)cc1C. The number of piperidine rings is 1. The second-order valence-corrected chi connectivity index (χ2v) is 6.14. The van der Waals surface area contributed by atoms with Gasteiger partial charge in [0.15, 0.2) is 5.78 Å². The minimum atomic E-state index is 0.131. The summed E-state index contributed by atoms with van der Waals surface area (Å²) in [5.41, 5.74) is 4.67. The number of anilines is 1. The molecule has 3 rings (SSSR count). The summed E-state index contributed by atoms with van der Waals surface area (Å²) in [6.07, 6.45) is 5.22. The Kier molecular flexibility index (Phi) is 4.23. The number of carbonyl (C=O) groups is 1. The number of nitrogens with zero attached hydrogens (tertiary/aromatic N) is 2. The van der Waals surface area contributed by atoms with E-state index in [0.29, 0.717) is 0 Å². The van der Waals surface area contributed by atoms with E-state index in [1.807, 2.05) is 12.1 Å². The van der Waals surface area contributed by atoms with Gasteiger partial charge in [-0.3, -0.25) is 9.78 Å². The zero-order valence-corrected chi connectivity index (χ0v) is 13.2. The first-order valence-electron chi connectivity index (χ1n) is 7.91. The van der Waals surface area contributed by atoms with Crippen LogP contribution in [0.5, 0.6) is 0 Å². The highest BCUT2D eigenvalue weighted by Gasteiger charge is 2.26. The van der Waals surface area contributed by atoms with Crippen molar-refractivity contribution >= 4 is 11.5 Å². The van der Waals surface area contributed by atoms with Crippen molar-refractivity contribution in [1.29, 1.82) is 0 Å². The van der Waals surface area contributed by atoms with E-state index in [2.05, 4.69) is 41.9 Å². The van der Waals surface area contributed by atoms with Gasteiger partial charge in [0, 0.05) is 42.7 Å². The summed E-state index contributed by atoms with van der Waals surface area (Å²) >= 11 is 0. The molecule has 0 spiro atoms. The van der Waals surface area contributed by atoms with Crippen LogP contribution >= 0.6 is 0 Å². The van der Waals surface area contributed by atoms with E-state index in [9.17, 15) is 4.79 Å². The fourth-order valence-electron chi connectivity index (χ4n) is 3.07. The van der Waals surface area contributed by atoms with Crippen molar-refractivity contribution < 1.29 is 4.79 Å². The summed E-state index contributed by atoms with van der Waals surface area (Å²) in [5, 5.41) is 0. The third kappa shape index (κ3) is 3.03. The fraction of sp³-hybridized carbons (Fsp3) is 0.368. The molecule has 0 unspecified atom stereocenters. The lowest BCUT2D eigenvalue weighted by atomic mass is 9.89. The minimum absolute atomic E-state index is 0.131. The molecule has 2 heterocycles. The molecule has 1 aromatic heterocycles. The molecular weight excluding hydrogens is 272 g/mol. The Bertz CT molecular complexity index is 658. The summed E-state index contributed by atoms with van der Waals surface area (Å²) in [4.78, 5) is 18.9. The van der Waals surface area contributed by atoms with E-state index in [1.54, 1.807) is 12.4 Å². The maximum absolute atomic E-state index is 12.5. The summed E-state index contributed by atoms with van der Waals surface area (Å²) in [7, 11) is 0. The first-order valence-corrected chi connectivity index (χ1v) is 7.91. The molecule has 114 valence electrons. The van der Waals surface area contributed by atoms with Crippen LogP contribution in [0.15, 0.2) is 42.7 Å². The number of aromatic nitrogens is 1.